The molecule has 0 aliphatic rings. The molecule has 0 atom stereocenters. The predicted octanol–water partition coefficient (Wildman–Crippen LogP) is 3.39. The third-order valence-electron chi connectivity index (χ3n) is 3.41. The van der Waals surface area contributed by atoms with Gasteiger partial charge >= 0.3 is 5.97 Å². The molecule has 2 rings (SSSR count). The average Bonchev–Trinajstić information content (AvgIpc) is 2.98. The molecule has 2 N–H and O–H groups in total. The maximum absolute atomic E-state index is 11.8. The average molecular weight is 333 g/mol. The van der Waals surface area contributed by atoms with Crippen LogP contribution in [0.4, 0.5) is 0 Å². The standard InChI is InChI=1S/C17H19NO4S/c1-11-3-5-14(9-12(11)2)23-8-7-16(19)18-10-13-4-6-15(22-13)17(20)21/h3-6,9H,7-8,10H2,1-2H3,(H,18,19)(H,20,21). The molecular formula is C17H19NO4S. The van der Waals surface area contributed by atoms with Crippen LogP contribution in [0.15, 0.2) is 39.6 Å². The number of carboxylic acids is 1. The normalized spacial score (nSPS) is 10.5. The molecule has 0 spiro atoms. The van der Waals surface area contributed by atoms with Gasteiger partial charge in [0.25, 0.3) is 0 Å². The Kier molecular flexibility index (Phi) is 5.87. The van der Waals surface area contributed by atoms with E-state index in [1.165, 1.54) is 17.2 Å². The zero-order valence-electron chi connectivity index (χ0n) is 13.1. The maximum atomic E-state index is 11.8. The Morgan fingerprint density at radius 2 is 1.96 bits per heavy atom. The predicted molar refractivity (Wildman–Crippen MR) is 88.8 cm³/mol. The molecule has 0 fully saturated rings. The summed E-state index contributed by atoms with van der Waals surface area (Å²) in [6.07, 6.45) is 0.393. The lowest BCUT2D eigenvalue weighted by Crippen LogP contribution is -2.22. The third kappa shape index (κ3) is 5.17. The van der Waals surface area contributed by atoms with Gasteiger partial charge in [0.15, 0.2) is 0 Å². The van der Waals surface area contributed by atoms with Gasteiger partial charge in [-0.1, -0.05) is 6.07 Å². The number of carbonyl (C=O) groups excluding carboxylic acids is 1. The van der Waals surface area contributed by atoms with Crippen LogP contribution in [0.3, 0.4) is 0 Å². The van der Waals surface area contributed by atoms with E-state index in [1.54, 1.807) is 17.8 Å². The SMILES string of the molecule is Cc1ccc(SCCC(=O)NCc2ccc(C(=O)O)o2)cc1C. The highest BCUT2D eigenvalue weighted by Gasteiger charge is 2.09. The topological polar surface area (TPSA) is 79.5 Å². The summed E-state index contributed by atoms with van der Waals surface area (Å²) < 4.78 is 5.07. The summed E-state index contributed by atoms with van der Waals surface area (Å²) in [6, 6.07) is 9.18. The van der Waals surface area contributed by atoms with Gasteiger partial charge in [-0.3, -0.25) is 4.79 Å². The van der Waals surface area contributed by atoms with Crippen molar-refractivity contribution in [3.05, 3.63) is 53.0 Å². The summed E-state index contributed by atoms with van der Waals surface area (Å²) in [5, 5.41) is 11.5. The van der Waals surface area contributed by atoms with Gasteiger partial charge in [-0.2, -0.15) is 0 Å². The van der Waals surface area contributed by atoms with Crippen LogP contribution < -0.4 is 5.32 Å². The lowest BCUT2D eigenvalue weighted by molar-refractivity contribution is -0.120. The highest BCUT2D eigenvalue weighted by atomic mass is 32.2. The van der Waals surface area contributed by atoms with E-state index < -0.39 is 5.97 Å². The fourth-order valence-electron chi connectivity index (χ4n) is 1.93. The summed E-state index contributed by atoms with van der Waals surface area (Å²) in [5.74, 6) is -0.216. The van der Waals surface area contributed by atoms with Crippen molar-refractivity contribution < 1.29 is 19.1 Å². The highest BCUT2D eigenvalue weighted by Crippen LogP contribution is 2.21. The molecule has 6 heteroatoms. The first-order valence-corrected chi connectivity index (χ1v) is 8.23. The summed E-state index contributed by atoms with van der Waals surface area (Å²) in [4.78, 5) is 23.6. The number of nitrogens with one attached hydrogen (secondary N) is 1. The van der Waals surface area contributed by atoms with Crippen molar-refractivity contribution in [2.75, 3.05) is 5.75 Å². The molecular weight excluding hydrogens is 314 g/mol. The summed E-state index contributed by atoms with van der Waals surface area (Å²) in [5.41, 5.74) is 2.50. The number of carboxylic acid groups (broad SMARTS) is 1. The number of hydrogen-bond donors (Lipinski definition) is 2. The van der Waals surface area contributed by atoms with Crippen LogP contribution in [0.25, 0.3) is 0 Å². The monoisotopic (exact) mass is 333 g/mol. The number of thioether (sulfide) groups is 1. The molecule has 1 aromatic heterocycles. The molecule has 0 bridgehead atoms. The minimum absolute atomic E-state index is 0.0883. The number of amides is 1. The zero-order valence-corrected chi connectivity index (χ0v) is 13.9. The molecule has 0 unspecified atom stereocenters. The Morgan fingerprint density at radius 1 is 1.17 bits per heavy atom. The molecule has 0 saturated heterocycles. The van der Waals surface area contributed by atoms with Crippen LogP contribution >= 0.6 is 11.8 Å². The Labute approximate surface area is 139 Å². The fraction of sp³-hybridized carbons (Fsp3) is 0.294. The molecule has 0 aliphatic carbocycles. The second-order valence-electron chi connectivity index (χ2n) is 5.19. The van der Waals surface area contributed by atoms with Gasteiger partial charge in [0, 0.05) is 17.1 Å². The van der Waals surface area contributed by atoms with Crippen molar-refractivity contribution in [1.29, 1.82) is 0 Å². The van der Waals surface area contributed by atoms with Crippen LogP contribution in [-0.4, -0.2) is 22.7 Å². The van der Waals surface area contributed by atoms with E-state index in [0.29, 0.717) is 17.9 Å². The largest absolute Gasteiger partial charge is 0.475 e. The molecule has 23 heavy (non-hydrogen) atoms. The number of hydrogen-bond acceptors (Lipinski definition) is 4. The summed E-state index contributed by atoms with van der Waals surface area (Å²) >= 11 is 1.64. The lowest BCUT2D eigenvalue weighted by atomic mass is 10.1. The van der Waals surface area contributed by atoms with Crippen molar-refractivity contribution in [2.24, 2.45) is 0 Å². The molecule has 0 radical (unpaired) electrons. The molecule has 0 aliphatic heterocycles. The minimum atomic E-state index is -1.12. The van der Waals surface area contributed by atoms with Gasteiger partial charge in [0.2, 0.25) is 11.7 Å². The number of aryl methyl sites for hydroxylation is 2. The molecule has 1 heterocycles. The molecule has 1 amide bonds. The van der Waals surface area contributed by atoms with Gasteiger partial charge in [0.1, 0.15) is 5.76 Å². The van der Waals surface area contributed by atoms with E-state index in [9.17, 15) is 9.59 Å². The zero-order chi connectivity index (χ0) is 16.8. The minimum Gasteiger partial charge on any atom is -0.475 e. The van der Waals surface area contributed by atoms with Crippen LogP contribution in [0.1, 0.15) is 33.9 Å². The van der Waals surface area contributed by atoms with Crippen molar-refractivity contribution in [3.8, 4) is 0 Å². The summed E-state index contributed by atoms with van der Waals surface area (Å²) in [6.45, 7) is 4.34. The number of carbonyl (C=O) groups is 2. The number of rotatable bonds is 7. The van der Waals surface area contributed by atoms with E-state index in [1.807, 2.05) is 0 Å². The molecule has 5 nitrogen and oxygen atoms in total. The summed E-state index contributed by atoms with van der Waals surface area (Å²) in [7, 11) is 0. The molecule has 0 saturated carbocycles. The van der Waals surface area contributed by atoms with Gasteiger partial charge in [-0.05, 0) is 49.2 Å². The van der Waals surface area contributed by atoms with Crippen molar-refractivity contribution in [1.82, 2.24) is 5.32 Å². The van der Waals surface area contributed by atoms with E-state index in [4.69, 9.17) is 9.52 Å². The third-order valence-corrected chi connectivity index (χ3v) is 4.40. The molecule has 1 aromatic carbocycles. The van der Waals surface area contributed by atoms with Crippen LogP contribution in [0.2, 0.25) is 0 Å². The van der Waals surface area contributed by atoms with Crippen LogP contribution in [0, 0.1) is 13.8 Å². The quantitative estimate of drug-likeness (QED) is 0.759. The Morgan fingerprint density at radius 3 is 2.61 bits per heavy atom. The van der Waals surface area contributed by atoms with Crippen molar-refractivity contribution in [3.63, 3.8) is 0 Å². The lowest BCUT2D eigenvalue weighted by Gasteiger charge is -2.06. The Balaban J connectivity index is 1.72. The van der Waals surface area contributed by atoms with E-state index in [-0.39, 0.29) is 18.2 Å². The van der Waals surface area contributed by atoms with E-state index in [2.05, 4.69) is 37.4 Å². The van der Waals surface area contributed by atoms with Gasteiger partial charge in [0.05, 0.1) is 6.54 Å². The van der Waals surface area contributed by atoms with E-state index >= 15 is 0 Å². The first kappa shape index (κ1) is 17.1. The Bertz CT molecular complexity index is 708. The van der Waals surface area contributed by atoms with Gasteiger partial charge in [-0.15, -0.1) is 11.8 Å². The Hall–Kier alpha value is -2.21. The van der Waals surface area contributed by atoms with Gasteiger partial charge < -0.3 is 14.8 Å². The van der Waals surface area contributed by atoms with E-state index in [0.717, 1.165) is 4.90 Å². The van der Waals surface area contributed by atoms with Gasteiger partial charge in [-0.25, -0.2) is 4.79 Å². The van der Waals surface area contributed by atoms with Crippen molar-refractivity contribution in [2.45, 2.75) is 31.7 Å². The number of aromatic carboxylic acids is 1. The van der Waals surface area contributed by atoms with Crippen molar-refractivity contribution >= 4 is 23.6 Å². The second-order valence-corrected chi connectivity index (χ2v) is 6.36. The number of benzene rings is 1. The molecule has 2 aromatic rings. The molecule has 122 valence electrons. The van der Waals surface area contributed by atoms with Crippen LogP contribution in [0.5, 0.6) is 0 Å². The first-order chi connectivity index (χ1) is 11.0. The first-order valence-electron chi connectivity index (χ1n) is 7.24. The second kappa shape index (κ2) is 7.87. The smallest absolute Gasteiger partial charge is 0.371 e. The fourth-order valence-corrected chi connectivity index (χ4v) is 2.87. The highest BCUT2D eigenvalue weighted by molar-refractivity contribution is 7.99. The number of furan rings is 1. The maximum Gasteiger partial charge on any atom is 0.371 e. The van der Waals surface area contributed by atoms with Crippen LogP contribution in [-0.2, 0) is 11.3 Å².